The summed E-state index contributed by atoms with van der Waals surface area (Å²) in [4.78, 5) is 0. The summed E-state index contributed by atoms with van der Waals surface area (Å²) in [6.07, 6.45) is 6.66. The number of benzene rings is 1. The van der Waals surface area contributed by atoms with E-state index < -0.39 is 0 Å². The predicted molar refractivity (Wildman–Crippen MR) is 76.5 cm³/mol. The molecule has 0 atom stereocenters. The molecule has 1 aliphatic rings. The summed E-state index contributed by atoms with van der Waals surface area (Å²) in [5.74, 6) is 0.742. The Hall–Kier alpha value is -0.110. The van der Waals surface area contributed by atoms with Gasteiger partial charge in [0.15, 0.2) is 0 Å². The van der Waals surface area contributed by atoms with Gasteiger partial charge in [-0.15, -0.1) is 0 Å². The lowest BCUT2D eigenvalue weighted by Crippen LogP contribution is -2.17. The summed E-state index contributed by atoms with van der Waals surface area (Å²) >= 11 is 18.1. The fourth-order valence-electron chi connectivity index (χ4n) is 2.35. The summed E-state index contributed by atoms with van der Waals surface area (Å²) in [5, 5.41) is 5.12. The van der Waals surface area contributed by atoms with Crippen LogP contribution in [0.5, 0.6) is 0 Å². The van der Waals surface area contributed by atoms with Crippen molar-refractivity contribution in [1.29, 1.82) is 0 Å². The summed E-state index contributed by atoms with van der Waals surface area (Å²) in [5.41, 5.74) is 0.809. The van der Waals surface area contributed by atoms with Crippen LogP contribution >= 0.6 is 34.8 Å². The Labute approximate surface area is 117 Å². The number of nitrogens with one attached hydrogen (secondary N) is 1. The maximum atomic E-state index is 6.12. The first-order chi connectivity index (χ1) is 8.16. The van der Waals surface area contributed by atoms with Crippen LogP contribution in [0.25, 0.3) is 0 Å². The van der Waals surface area contributed by atoms with Crippen LogP contribution in [0.2, 0.25) is 15.1 Å². The molecular formula is C13H16Cl3N. The fourth-order valence-corrected chi connectivity index (χ4v) is 3.30. The van der Waals surface area contributed by atoms with Crippen LogP contribution in [0, 0.1) is 5.92 Å². The third-order valence-electron chi connectivity index (χ3n) is 3.30. The van der Waals surface area contributed by atoms with E-state index >= 15 is 0 Å². The number of halogens is 3. The maximum absolute atomic E-state index is 6.12. The molecule has 0 aromatic heterocycles. The molecular weight excluding hydrogens is 277 g/mol. The summed E-state index contributed by atoms with van der Waals surface area (Å²) < 4.78 is 0. The van der Waals surface area contributed by atoms with Gasteiger partial charge in [-0.05, 0) is 30.9 Å². The van der Waals surface area contributed by atoms with Crippen LogP contribution in [0.1, 0.15) is 32.1 Å². The van der Waals surface area contributed by atoms with Crippen molar-refractivity contribution in [2.75, 3.05) is 11.9 Å². The zero-order valence-corrected chi connectivity index (χ0v) is 11.9. The highest BCUT2D eigenvalue weighted by atomic mass is 35.5. The number of rotatable bonds is 3. The van der Waals surface area contributed by atoms with E-state index in [0.717, 1.165) is 18.2 Å². The molecule has 1 aromatic rings. The minimum atomic E-state index is 0.572. The van der Waals surface area contributed by atoms with Gasteiger partial charge in [0.2, 0.25) is 0 Å². The Bertz CT molecular complexity index is 363. The fraction of sp³-hybridized carbons (Fsp3) is 0.538. The van der Waals surface area contributed by atoms with Gasteiger partial charge in [0.05, 0.1) is 15.7 Å². The van der Waals surface area contributed by atoms with Crippen molar-refractivity contribution in [3.05, 3.63) is 27.2 Å². The van der Waals surface area contributed by atoms with Crippen molar-refractivity contribution in [3.63, 3.8) is 0 Å². The third-order valence-corrected chi connectivity index (χ3v) is 4.11. The highest BCUT2D eigenvalue weighted by Crippen LogP contribution is 2.34. The van der Waals surface area contributed by atoms with E-state index in [1.165, 1.54) is 32.1 Å². The van der Waals surface area contributed by atoms with E-state index in [2.05, 4.69) is 5.32 Å². The molecule has 2 rings (SSSR count). The minimum Gasteiger partial charge on any atom is -0.382 e. The highest BCUT2D eigenvalue weighted by molar-refractivity contribution is 6.41. The molecule has 1 aliphatic carbocycles. The summed E-state index contributed by atoms with van der Waals surface area (Å²) in [6, 6.07) is 3.44. The first-order valence-electron chi connectivity index (χ1n) is 6.05. The van der Waals surface area contributed by atoms with Crippen molar-refractivity contribution in [2.24, 2.45) is 5.92 Å². The van der Waals surface area contributed by atoms with Crippen molar-refractivity contribution in [1.82, 2.24) is 0 Å². The number of anilines is 1. The van der Waals surface area contributed by atoms with Crippen LogP contribution in [0.4, 0.5) is 5.69 Å². The molecule has 0 bridgehead atoms. The molecule has 0 amide bonds. The quantitative estimate of drug-likeness (QED) is 0.760. The molecule has 0 radical (unpaired) electrons. The minimum absolute atomic E-state index is 0.572. The van der Waals surface area contributed by atoms with Gasteiger partial charge in [-0.25, -0.2) is 0 Å². The van der Waals surface area contributed by atoms with Gasteiger partial charge in [-0.2, -0.15) is 0 Å². The van der Waals surface area contributed by atoms with Crippen molar-refractivity contribution >= 4 is 40.5 Å². The number of hydrogen-bond acceptors (Lipinski definition) is 1. The molecule has 94 valence electrons. The topological polar surface area (TPSA) is 12.0 Å². The molecule has 1 aromatic carbocycles. The third kappa shape index (κ3) is 3.67. The monoisotopic (exact) mass is 291 g/mol. The van der Waals surface area contributed by atoms with E-state index in [1.807, 2.05) is 0 Å². The zero-order valence-electron chi connectivity index (χ0n) is 9.61. The Kier molecular flexibility index (Phi) is 4.84. The second kappa shape index (κ2) is 6.17. The Morgan fingerprint density at radius 1 is 1.00 bits per heavy atom. The Morgan fingerprint density at radius 3 is 2.18 bits per heavy atom. The van der Waals surface area contributed by atoms with Gasteiger partial charge in [-0.1, -0.05) is 54.1 Å². The molecule has 0 saturated heterocycles. The lowest BCUT2D eigenvalue weighted by atomic mass is 9.89. The molecule has 1 N–H and O–H groups in total. The first-order valence-corrected chi connectivity index (χ1v) is 7.18. The molecule has 17 heavy (non-hydrogen) atoms. The Morgan fingerprint density at radius 2 is 1.59 bits per heavy atom. The molecule has 1 nitrogen and oxygen atoms in total. The predicted octanol–water partition coefficient (Wildman–Crippen LogP) is 5.64. The first kappa shape index (κ1) is 13.3. The molecule has 0 aliphatic heterocycles. The normalized spacial score (nSPS) is 17.1. The van der Waals surface area contributed by atoms with E-state index in [0.29, 0.717) is 15.1 Å². The van der Waals surface area contributed by atoms with Crippen LogP contribution in [-0.4, -0.2) is 6.54 Å². The van der Waals surface area contributed by atoms with Crippen LogP contribution < -0.4 is 5.32 Å². The average molecular weight is 293 g/mol. The lowest BCUT2D eigenvalue weighted by Gasteiger charge is -2.23. The molecule has 4 heteroatoms. The number of hydrogen-bond donors (Lipinski definition) is 1. The van der Waals surface area contributed by atoms with Gasteiger partial charge >= 0.3 is 0 Å². The van der Waals surface area contributed by atoms with E-state index in [-0.39, 0.29) is 0 Å². The van der Waals surface area contributed by atoms with E-state index in [4.69, 9.17) is 34.8 Å². The molecule has 1 fully saturated rings. The molecule has 0 spiro atoms. The van der Waals surface area contributed by atoms with E-state index in [9.17, 15) is 0 Å². The summed E-state index contributed by atoms with van der Waals surface area (Å²) in [6.45, 7) is 0.946. The van der Waals surface area contributed by atoms with Crippen molar-refractivity contribution in [3.8, 4) is 0 Å². The second-order valence-corrected chi connectivity index (χ2v) is 5.88. The lowest BCUT2D eigenvalue weighted by molar-refractivity contribution is 0.373. The Balaban J connectivity index is 1.98. The largest absolute Gasteiger partial charge is 0.382 e. The van der Waals surface area contributed by atoms with Gasteiger partial charge < -0.3 is 5.32 Å². The zero-order chi connectivity index (χ0) is 12.3. The van der Waals surface area contributed by atoms with Crippen LogP contribution in [0.3, 0.4) is 0 Å². The molecule has 0 unspecified atom stereocenters. The van der Waals surface area contributed by atoms with Gasteiger partial charge in [0.1, 0.15) is 0 Å². The van der Waals surface area contributed by atoms with Crippen molar-refractivity contribution in [2.45, 2.75) is 32.1 Å². The maximum Gasteiger partial charge on any atom is 0.0720 e. The van der Waals surface area contributed by atoms with Gasteiger partial charge in [0, 0.05) is 11.6 Å². The molecule has 0 heterocycles. The SMILES string of the molecule is Clc1cc(Cl)c(NCC2CCCCC2)c(Cl)c1. The highest BCUT2D eigenvalue weighted by Gasteiger charge is 2.14. The van der Waals surface area contributed by atoms with E-state index in [1.54, 1.807) is 12.1 Å². The summed E-state index contributed by atoms with van der Waals surface area (Å²) in [7, 11) is 0. The standard InChI is InChI=1S/C13H16Cl3N/c14-10-6-11(15)13(12(16)7-10)17-8-9-4-2-1-3-5-9/h6-7,9,17H,1-5,8H2. The average Bonchev–Trinajstić information content (AvgIpc) is 2.29. The van der Waals surface area contributed by atoms with Crippen LogP contribution in [0.15, 0.2) is 12.1 Å². The molecule has 1 saturated carbocycles. The smallest absolute Gasteiger partial charge is 0.0720 e. The second-order valence-electron chi connectivity index (χ2n) is 4.63. The van der Waals surface area contributed by atoms with Gasteiger partial charge in [-0.3, -0.25) is 0 Å². The van der Waals surface area contributed by atoms with Gasteiger partial charge in [0.25, 0.3) is 0 Å². The van der Waals surface area contributed by atoms with Crippen molar-refractivity contribution < 1.29 is 0 Å². The van der Waals surface area contributed by atoms with Crippen LogP contribution in [-0.2, 0) is 0 Å².